The van der Waals surface area contributed by atoms with Crippen LogP contribution in [-0.2, 0) is 25.8 Å². The number of benzene rings is 5. The van der Waals surface area contributed by atoms with Gasteiger partial charge in [0, 0.05) is 52.1 Å². The van der Waals surface area contributed by atoms with Crippen molar-refractivity contribution in [3.8, 4) is 28.4 Å². The standard InChI is InChI=1S/C42H30N4O.Pd/c1-42(2,3)28-20-21-43-36(25-28)27-10-9-13-30(24-27)47-31-16-17-32-33-18-19-38-39(40(33)45-23-22-44-41(45)35(32)26-31)34-14-7-8-15-37(34)46(38)29-11-5-4-6-12-29;/h4-23,25H,1-3H3;/q-2;+2. The second-order valence-corrected chi connectivity index (χ2v) is 13.0. The van der Waals surface area contributed by atoms with Crippen molar-refractivity contribution in [1.82, 2.24) is 18.9 Å². The van der Waals surface area contributed by atoms with Crippen LogP contribution in [-0.4, -0.2) is 18.9 Å². The Kier molecular flexibility index (Phi) is 7.18. The molecule has 5 aromatic carbocycles. The van der Waals surface area contributed by atoms with Gasteiger partial charge in [-0.05, 0) is 52.4 Å². The Labute approximate surface area is 292 Å². The largest absolute Gasteiger partial charge is 2.00 e. The Hall–Kier alpha value is -5.28. The van der Waals surface area contributed by atoms with Gasteiger partial charge in [-0.3, -0.25) is 4.98 Å². The van der Waals surface area contributed by atoms with Gasteiger partial charge in [0.15, 0.2) is 0 Å². The Bertz CT molecular complexity index is 2650. The molecule has 0 aliphatic heterocycles. The topological polar surface area (TPSA) is 44.4 Å². The van der Waals surface area contributed by atoms with Gasteiger partial charge < -0.3 is 18.7 Å². The fourth-order valence-electron chi connectivity index (χ4n) is 6.79. The molecule has 0 radical (unpaired) electrons. The van der Waals surface area contributed by atoms with E-state index in [1.165, 1.54) is 21.9 Å². The quantitative estimate of drug-likeness (QED) is 0.104. The molecule has 0 atom stereocenters. The van der Waals surface area contributed by atoms with E-state index in [2.05, 4.69) is 132 Å². The van der Waals surface area contributed by atoms with Crippen LogP contribution in [0.1, 0.15) is 26.3 Å². The Morgan fingerprint density at radius 3 is 2.31 bits per heavy atom. The van der Waals surface area contributed by atoms with Crippen molar-refractivity contribution in [3.63, 3.8) is 0 Å². The van der Waals surface area contributed by atoms with Crippen LogP contribution < -0.4 is 4.74 Å². The number of hydrogen-bond acceptors (Lipinski definition) is 3. The molecular weight excluding hydrogens is 683 g/mol. The maximum absolute atomic E-state index is 6.38. The summed E-state index contributed by atoms with van der Waals surface area (Å²) in [6.07, 6.45) is 5.77. The van der Waals surface area contributed by atoms with Crippen molar-refractivity contribution in [2.24, 2.45) is 0 Å². The Morgan fingerprint density at radius 1 is 0.667 bits per heavy atom. The minimum Gasteiger partial charge on any atom is -0.497 e. The van der Waals surface area contributed by atoms with Gasteiger partial charge in [-0.25, -0.2) is 0 Å². The average molecular weight is 713 g/mol. The maximum Gasteiger partial charge on any atom is 2.00 e. The van der Waals surface area contributed by atoms with Crippen molar-refractivity contribution < 1.29 is 25.2 Å². The van der Waals surface area contributed by atoms with Crippen LogP contribution in [0.25, 0.3) is 66.1 Å². The van der Waals surface area contributed by atoms with Gasteiger partial charge in [0.1, 0.15) is 0 Å². The van der Waals surface area contributed by atoms with E-state index in [4.69, 9.17) is 9.72 Å². The molecule has 0 aliphatic carbocycles. The molecular formula is C42H30N4OPd. The van der Waals surface area contributed by atoms with Crippen LogP contribution in [0.3, 0.4) is 0 Å². The molecule has 0 spiro atoms. The summed E-state index contributed by atoms with van der Waals surface area (Å²) < 4.78 is 10.9. The molecule has 0 aliphatic rings. The van der Waals surface area contributed by atoms with Gasteiger partial charge in [-0.1, -0.05) is 98.3 Å². The summed E-state index contributed by atoms with van der Waals surface area (Å²) in [5.41, 5.74) is 8.43. The third-order valence-corrected chi connectivity index (χ3v) is 9.03. The summed E-state index contributed by atoms with van der Waals surface area (Å²) in [5, 5.41) is 5.51. The number of nitrogens with zero attached hydrogens (tertiary/aromatic N) is 4. The smallest absolute Gasteiger partial charge is 0.497 e. The summed E-state index contributed by atoms with van der Waals surface area (Å²) >= 11 is 0. The van der Waals surface area contributed by atoms with Crippen molar-refractivity contribution in [2.45, 2.75) is 26.2 Å². The van der Waals surface area contributed by atoms with Gasteiger partial charge in [0.05, 0.1) is 16.7 Å². The molecule has 234 valence electrons. The number of rotatable bonds is 4. The van der Waals surface area contributed by atoms with Crippen molar-refractivity contribution in [3.05, 3.63) is 145 Å². The van der Waals surface area contributed by atoms with Crippen LogP contribution in [0.5, 0.6) is 11.5 Å². The second-order valence-electron chi connectivity index (χ2n) is 13.0. The fraction of sp³-hybridized carbons (Fsp3) is 0.0952. The molecule has 0 fully saturated rings. The van der Waals surface area contributed by atoms with Gasteiger partial charge in [0.2, 0.25) is 0 Å². The van der Waals surface area contributed by atoms with E-state index in [-0.39, 0.29) is 25.8 Å². The summed E-state index contributed by atoms with van der Waals surface area (Å²) in [6, 6.07) is 44.8. The fourth-order valence-corrected chi connectivity index (χ4v) is 6.79. The average Bonchev–Trinajstić information content (AvgIpc) is 3.72. The molecule has 4 aromatic heterocycles. The molecule has 4 heterocycles. The minimum absolute atomic E-state index is 0. The third kappa shape index (κ3) is 4.80. The normalized spacial score (nSPS) is 11.9. The Morgan fingerprint density at radius 2 is 1.46 bits per heavy atom. The summed E-state index contributed by atoms with van der Waals surface area (Å²) in [7, 11) is 0. The number of para-hydroxylation sites is 2. The van der Waals surface area contributed by atoms with Crippen molar-refractivity contribution in [2.75, 3.05) is 0 Å². The molecule has 0 unspecified atom stereocenters. The number of hydrogen-bond donors (Lipinski definition) is 0. The number of imidazole rings is 1. The first kappa shape index (κ1) is 30.1. The molecule has 6 heteroatoms. The van der Waals surface area contributed by atoms with Gasteiger partial charge in [-0.2, -0.15) is 0 Å². The SMILES string of the molecule is CC(C)(C)c1ccnc(-c2[c-]c(Oc3[c-]c4c(cc3)c3ccc5c(c6ccccc6n5-c5ccccc5)c3n3ccnc43)ccc2)c1.[Pd+2]. The second kappa shape index (κ2) is 11.5. The number of ether oxygens (including phenoxy) is 1. The van der Waals surface area contributed by atoms with Crippen molar-refractivity contribution >= 4 is 49.1 Å². The van der Waals surface area contributed by atoms with E-state index in [0.29, 0.717) is 11.5 Å². The van der Waals surface area contributed by atoms with Crippen LogP contribution in [0.2, 0.25) is 0 Å². The molecule has 9 aromatic rings. The molecule has 0 saturated carbocycles. The summed E-state index contributed by atoms with van der Waals surface area (Å²) in [4.78, 5) is 9.45. The van der Waals surface area contributed by atoms with Crippen molar-refractivity contribution in [1.29, 1.82) is 0 Å². The van der Waals surface area contributed by atoms with Crippen LogP contribution >= 0.6 is 0 Å². The molecule has 48 heavy (non-hydrogen) atoms. The number of fused-ring (bicyclic) bond motifs is 10. The van der Waals surface area contributed by atoms with Gasteiger partial charge in [0.25, 0.3) is 0 Å². The zero-order chi connectivity index (χ0) is 31.7. The minimum atomic E-state index is 0. The van der Waals surface area contributed by atoms with E-state index >= 15 is 0 Å². The number of aromatic nitrogens is 4. The van der Waals surface area contributed by atoms with E-state index in [1.54, 1.807) is 0 Å². The monoisotopic (exact) mass is 712 g/mol. The molecule has 0 bridgehead atoms. The third-order valence-electron chi connectivity index (χ3n) is 9.03. The first-order chi connectivity index (χ1) is 22.9. The van der Waals surface area contributed by atoms with E-state index in [1.807, 2.05) is 42.9 Å². The molecule has 0 amide bonds. The summed E-state index contributed by atoms with van der Waals surface area (Å²) in [5.74, 6) is 1.21. The number of pyridine rings is 2. The summed E-state index contributed by atoms with van der Waals surface area (Å²) in [6.45, 7) is 6.61. The molecule has 0 saturated heterocycles. The predicted octanol–water partition coefficient (Wildman–Crippen LogP) is 10.5. The van der Waals surface area contributed by atoms with E-state index in [9.17, 15) is 0 Å². The zero-order valence-electron chi connectivity index (χ0n) is 26.6. The van der Waals surface area contributed by atoms with Crippen LogP contribution in [0, 0.1) is 12.1 Å². The molecule has 9 rings (SSSR count). The maximum atomic E-state index is 6.38. The Balaban J connectivity index is 0.00000336. The van der Waals surface area contributed by atoms with Gasteiger partial charge >= 0.3 is 20.4 Å². The predicted molar refractivity (Wildman–Crippen MR) is 191 cm³/mol. The first-order valence-electron chi connectivity index (χ1n) is 15.8. The van der Waals surface area contributed by atoms with E-state index < -0.39 is 0 Å². The molecule has 0 N–H and O–H groups in total. The zero-order valence-corrected chi connectivity index (χ0v) is 28.2. The molecule has 5 nitrogen and oxygen atoms in total. The first-order valence-corrected chi connectivity index (χ1v) is 15.8. The van der Waals surface area contributed by atoms with Gasteiger partial charge in [-0.15, -0.1) is 29.8 Å². The van der Waals surface area contributed by atoms with Crippen LogP contribution in [0.15, 0.2) is 128 Å². The van der Waals surface area contributed by atoms with E-state index in [0.717, 1.165) is 49.8 Å². The van der Waals surface area contributed by atoms with Crippen LogP contribution in [0.4, 0.5) is 0 Å².